The zero-order chi connectivity index (χ0) is 24.4. The molecule has 0 bridgehead atoms. The van der Waals surface area contributed by atoms with Crippen LogP contribution in [0.4, 0.5) is 0 Å². The van der Waals surface area contributed by atoms with E-state index < -0.39 is 24.0 Å². The Kier molecular flexibility index (Phi) is 12.1. The van der Waals surface area contributed by atoms with E-state index in [0.717, 1.165) is 23.1 Å². The highest BCUT2D eigenvalue weighted by Crippen LogP contribution is 2.27. The number of hydrogen-bond acceptors (Lipinski definition) is 5. The van der Waals surface area contributed by atoms with E-state index >= 15 is 0 Å². The molecule has 4 atom stereocenters. The highest BCUT2D eigenvalue weighted by molar-refractivity contribution is 5.97. The van der Waals surface area contributed by atoms with E-state index in [2.05, 4.69) is 19.9 Å². The number of carboxylic acid groups (broad SMARTS) is 1. The highest BCUT2D eigenvalue weighted by atomic mass is 16.5. The van der Waals surface area contributed by atoms with Crippen molar-refractivity contribution in [1.82, 2.24) is 0 Å². The molecule has 4 N–H and O–H groups in total. The molecule has 0 saturated carbocycles. The number of hydrogen-bond donors (Lipinski definition) is 3. The molecule has 4 unspecified atom stereocenters. The summed E-state index contributed by atoms with van der Waals surface area (Å²) in [7, 11) is 1.63. The lowest BCUT2D eigenvalue weighted by Crippen LogP contribution is -2.40. The summed E-state index contributed by atoms with van der Waals surface area (Å²) in [6, 6.07) is 5.54. The van der Waals surface area contributed by atoms with Crippen molar-refractivity contribution in [2.45, 2.75) is 78.9 Å². The maximum absolute atomic E-state index is 12.6. The molecule has 6 heteroatoms. The van der Waals surface area contributed by atoms with Crippen LogP contribution in [0, 0.1) is 30.6 Å². The maximum Gasteiger partial charge on any atom is 0.306 e. The van der Waals surface area contributed by atoms with E-state index in [1.54, 1.807) is 7.11 Å². The van der Waals surface area contributed by atoms with Gasteiger partial charge in [-0.1, -0.05) is 39.8 Å². The number of ether oxygens (including phenoxy) is 1. The molecule has 182 valence electrons. The number of benzene rings is 1. The monoisotopic (exact) mass is 449 g/mol. The molecule has 0 fully saturated rings. The van der Waals surface area contributed by atoms with Crippen LogP contribution in [-0.2, 0) is 16.0 Å². The van der Waals surface area contributed by atoms with Crippen LogP contribution in [0.1, 0.15) is 74.9 Å². The fraction of sp³-hybridized carbons (Fsp3) is 0.692. The Morgan fingerprint density at radius 3 is 2.28 bits per heavy atom. The van der Waals surface area contributed by atoms with E-state index in [4.69, 9.17) is 10.5 Å². The van der Waals surface area contributed by atoms with Crippen LogP contribution < -0.4 is 5.73 Å². The van der Waals surface area contributed by atoms with Gasteiger partial charge >= 0.3 is 5.97 Å². The fourth-order valence-corrected chi connectivity index (χ4v) is 4.10. The van der Waals surface area contributed by atoms with E-state index in [-0.39, 0.29) is 24.0 Å². The fourth-order valence-electron chi connectivity index (χ4n) is 4.10. The third kappa shape index (κ3) is 9.00. The van der Waals surface area contributed by atoms with Crippen LogP contribution >= 0.6 is 0 Å². The Bertz CT molecular complexity index is 731. The van der Waals surface area contributed by atoms with Crippen molar-refractivity contribution in [3.8, 4) is 0 Å². The van der Waals surface area contributed by atoms with Gasteiger partial charge in [-0.3, -0.25) is 9.59 Å². The first-order valence-electron chi connectivity index (χ1n) is 11.8. The lowest BCUT2D eigenvalue weighted by atomic mass is 9.80. The predicted molar refractivity (Wildman–Crippen MR) is 128 cm³/mol. The first-order valence-corrected chi connectivity index (χ1v) is 11.8. The summed E-state index contributed by atoms with van der Waals surface area (Å²) in [5, 5.41) is 20.0. The van der Waals surface area contributed by atoms with Crippen molar-refractivity contribution in [1.29, 1.82) is 0 Å². The van der Waals surface area contributed by atoms with Gasteiger partial charge in [0, 0.05) is 31.7 Å². The van der Waals surface area contributed by atoms with E-state index in [0.29, 0.717) is 31.8 Å². The largest absolute Gasteiger partial charge is 0.481 e. The number of Topliss-reactive ketones (excluding diaryl/α,β-unsaturated/α-hetero) is 1. The zero-order valence-electron chi connectivity index (χ0n) is 20.6. The number of aliphatic hydroxyl groups excluding tert-OH is 1. The molecule has 0 amide bonds. The molecular weight excluding hydrogens is 406 g/mol. The van der Waals surface area contributed by atoms with Crippen LogP contribution in [0.3, 0.4) is 0 Å². The molecule has 1 aromatic rings. The molecule has 0 radical (unpaired) electrons. The lowest BCUT2D eigenvalue weighted by Gasteiger charge is -2.29. The Hall–Kier alpha value is -1.76. The van der Waals surface area contributed by atoms with Crippen LogP contribution in [0.15, 0.2) is 18.2 Å². The smallest absolute Gasteiger partial charge is 0.306 e. The number of ketones is 1. The quantitative estimate of drug-likeness (QED) is 0.273. The number of nitrogens with two attached hydrogens (primary N) is 1. The first-order chi connectivity index (χ1) is 15.0. The molecule has 0 saturated heterocycles. The standard InChI is InChI=1S/C26H43NO5/c1-16(2)20(14-23(27)25(29)15-21(17(3)4)26(30)31)12-19-10-9-18(5)22(13-19)24(28)8-7-11-32-6/h9-10,13,16-17,20-21,23,25,29H,7-8,11-12,14-15,27H2,1-6H3,(H,30,31). The second kappa shape index (κ2) is 13.7. The Morgan fingerprint density at radius 1 is 1.09 bits per heavy atom. The van der Waals surface area contributed by atoms with Crippen molar-refractivity contribution < 1.29 is 24.5 Å². The Balaban J connectivity index is 2.87. The summed E-state index contributed by atoms with van der Waals surface area (Å²) < 4.78 is 5.05. The average molecular weight is 450 g/mol. The summed E-state index contributed by atoms with van der Waals surface area (Å²) in [5.41, 5.74) is 9.13. The summed E-state index contributed by atoms with van der Waals surface area (Å²) in [4.78, 5) is 24.1. The summed E-state index contributed by atoms with van der Waals surface area (Å²) in [6.45, 7) is 10.5. The molecule has 0 heterocycles. The van der Waals surface area contributed by atoms with Crippen molar-refractivity contribution in [3.63, 3.8) is 0 Å². The number of aliphatic hydroxyl groups is 1. The third-order valence-corrected chi connectivity index (χ3v) is 6.48. The normalized spacial score (nSPS) is 15.6. The molecule has 0 aliphatic rings. The number of rotatable bonds is 15. The molecule has 6 nitrogen and oxygen atoms in total. The Labute approximate surface area is 193 Å². The number of aryl methyl sites for hydroxylation is 1. The summed E-state index contributed by atoms with van der Waals surface area (Å²) in [6.07, 6.45) is 1.80. The van der Waals surface area contributed by atoms with Crippen LogP contribution in [0.25, 0.3) is 0 Å². The van der Waals surface area contributed by atoms with Crippen molar-refractivity contribution in [3.05, 3.63) is 34.9 Å². The van der Waals surface area contributed by atoms with Gasteiger partial charge in [-0.05, 0) is 67.6 Å². The van der Waals surface area contributed by atoms with Gasteiger partial charge in [0.25, 0.3) is 0 Å². The lowest BCUT2D eigenvalue weighted by molar-refractivity contribution is -0.144. The number of aliphatic carboxylic acids is 1. The van der Waals surface area contributed by atoms with Crippen LogP contribution in [0.5, 0.6) is 0 Å². The zero-order valence-corrected chi connectivity index (χ0v) is 20.6. The van der Waals surface area contributed by atoms with E-state index in [9.17, 15) is 19.8 Å². The molecule has 0 aliphatic heterocycles. The minimum atomic E-state index is -0.894. The molecule has 0 aromatic heterocycles. The molecule has 1 aromatic carbocycles. The molecule has 0 spiro atoms. The molecule has 32 heavy (non-hydrogen) atoms. The van der Waals surface area contributed by atoms with Gasteiger partial charge in [0.05, 0.1) is 12.0 Å². The van der Waals surface area contributed by atoms with Gasteiger partial charge in [0.1, 0.15) is 0 Å². The number of carbonyl (C=O) groups excluding carboxylic acids is 1. The van der Waals surface area contributed by atoms with Gasteiger partial charge in [-0.25, -0.2) is 0 Å². The van der Waals surface area contributed by atoms with Gasteiger partial charge in [0.15, 0.2) is 5.78 Å². The second-order valence-electron chi connectivity index (χ2n) is 9.77. The summed E-state index contributed by atoms with van der Waals surface area (Å²) >= 11 is 0. The van der Waals surface area contributed by atoms with E-state index in [1.807, 2.05) is 32.9 Å². The van der Waals surface area contributed by atoms with Crippen molar-refractivity contribution in [2.24, 2.45) is 29.4 Å². The maximum atomic E-state index is 12.6. The minimum absolute atomic E-state index is 0.0670. The predicted octanol–water partition coefficient (Wildman–Crippen LogP) is 4.24. The number of methoxy groups -OCH3 is 1. The highest BCUT2D eigenvalue weighted by Gasteiger charge is 2.29. The van der Waals surface area contributed by atoms with Crippen LogP contribution in [0.2, 0.25) is 0 Å². The average Bonchev–Trinajstić information content (AvgIpc) is 2.71. The second-order valence-corrected chi connectivity index (χ2v) is 9.77. The van der Waals surface area contributed by atoms with Crippen LogP contribution in [-0.4, -0.2) is 47.8 Å². The van der Waals surface area contributed by atoms with Crippen molar-refractivity contribution in [2.75, 3.05) is 13.7 Å². The topological polar surface area (TPSA) is 110 Å². The summed E-state index contributed by atoms with van der Waals surface area (Å²) in [5.74, 6) is -0.908. The number of carboxylic acids is 1. The minimum Gasteiger partial charge on any atom is -0.481 e. The molecule has 1 rings (SSSR count). The van der Waals surface area contributed by atoms with E-state index in [1.165, 1.54) is 0 Å². The van der Waals surface area contributed by atoms with Gasteiger partial charge in [-0.2, -0.15) is 0 Å². The molecular formula is C26H43NO5. The molecule has 0 aliphatic carbocycles. The SMILES string of the molecule is COCCCC(=O)c1cc(CC(CC(N)C(O)CC(C(=O)O)C(C)C)C(C)C)ccc1C. The number of carbonyl (C=O) groups is 2. The first kappa shape index (κ1) is 28.3. The van der Waals surface area contributed by atoms with Crippen molar-refractivity contribution >= 4 is 11.8 Å². The van der Waals surface area contributed by atoms with Gasteiger partial charge in [-0.15, -0.1) is 0 Å². The third-order valence-electron chi connectivity index (χ3n) is 6.48. The van der Waals surface area contributed by atoms with Gasteiger partial charge < -0.3 is 20.7 Å². The Morgan fingerprint density at radius 2 is 1.75 bits per heavy atom. The van der Waals surface area contributed by atoms with Gasteiger partial charge in [0.2, 0.25) is 0 Å².